The Morgan fingerprint density at radius 3 is 1.82 bits per heavy atom. The third-order valence-electron chi connectivity index (χ3n) is 8.65. The topological polar surface area (TPSA) is 172 Å². The molecule has 0 aliphatic carbocycles. The number of hydrogen-bond donors (Lipinski definition) is 6. The van der Waals surface area contributed by atoms with Crippen LogP contribution in [0.2, 0.25) is 0 Å². The number of aliphatic hydroxyl groups is 2. The van der Waals surface area contributed by atoms with Crippen molar-refractivity contribution in [1.82, 2.24) is 19.9 Å². The summed E-state index contributed by atoms with van der Waals surface area (Å²) in [6, 6.07) is 7.51. The number of aryl methyl sites for hydroxylation is 3. The van der Waals surface area contributed by atoms with Crippen molar-refractivity contribution in [3.05, 3.63) is 69.3 Å². The van der Waals surface area contributed by atoms with E-state index in [0.29, 0.717) is 39.4 Å². The van der Waals surface area contributed by atoms with Crippen molar-refractivity contribution in [3.63, 3.8) is 0 Å². The van der Waals surface area contributed by atoms with Crippen molar-refractivity contribution in [2.24, 2.45) is 0 Å². The smallest absolute Gasteiger partial charge is 0.303 e. The van der Waals surface area contributed by atoms with Crippen molar-refractivity contribution in [2.75, 3.05) is 0 Å². The van der Waals surface area contributed by atoms with Gasteiger partial charge in [-0.25, -0.2) is 9.97 Å². The normalized spacial score (nSPS) is 14.4. The molecule has 3 aromatic rings. The van der Waals surface area contributed by atoms with Gasteiger partial charge in [-0.2, -0.15) is 0 Å². The van der Waals surface area contributed by atoms with Crippen LogP contribution in [0.15, 0.2) is 24.3 Å². The summed E-state index contributed by atoms with van der Waals surface area (Å²) in [6.45, 7) is 11.1. The van der Waals surface area contributed by atoms with E-state index >= 15 is 0 Å². The van der Waals surface area contributed by atoms with Gasteiger partial charge >= 0.3 is 11.9 Å². The first-order chi connectivity index (χ1) is 20.8. The van der Waals surface area contributed by atoms with E-state index in [1.807, 2.05) is 52.0 Å². The molecule has 6 N–H and O–H groups in total. The fraction of sp³-hybridized carbons (Fsp3) is 0.353. The molecule has 0 amide bonds. The number of aliphatic hydroxyl groups excluding tert-OH is 2. The molecule has 5 rings (SSSR count). The maximum Gasteiger partial charge on any atom is 0.303 e. The number of aromatic amines is 2. The van der Waals surface area contributed by atoms with E-state index in [0.717, 1.165) is 50.0 Å². The average Bonchev–Trinajstić information content (AvgIpc) is 3.59. The van der Waals surface area contributed by atoms with Crippen molar-refractivity contribution < 1.29 is 67.8 Å². The maximum atomic E-state index is 11.6. The Labute approximate surface area is 291 Å². The molecule has 0 spiro atoms. The molecule has 238 valence electrons. The fourth-order valence-electron chi connectivity index (χ4n) is 6.31. The van der Waals surface area contributed by atoms with E-state index in [1.54, 1.807) is 13.8 Å². The van der Waals surface area contributed by atoms with Gasteiger partial charge in [-0.15, -0.1) is 0 Å². The molecule has 0 radical (unpaired) electrons. The van der Waals surface area contributed by atoms with Gasteiger partial charge in [0.25, 0.3) is 0 Å². The third-order valence-corrected chi connectivity index (χ3v) is 8.65. The van der Waals surface area contributed by atoms with Crippen molar-refractivity contribution in [2.45, 2.75) is 79.4 Å². The molecule has 0 saturated carbocycles. The zero-order valence-electron chi connectivity index (χ0n) is 26.1. The van der Waals surface area contributed by atoms with Crippen LogP contribution in [-0.4, -0.2) is 58.4 Å². The van der Waals surface area contributed by atoms with Crippen molar-refractivity contribution in [3.8, 4) is 0 Å². The van der Waals surface area contributed by atoms with Crippen LogP contribution in [0.3, 0.4) is 0 Å². The minimum atomic E-state index is -0.914. The second-order valence-corrected chi connectivity index (χ2v) is 11.7. The van der Waals surface area contributed by atoms with Crippen molar-refractivity contribution >= 4 is 56.3 Å². The Morgan fingerprint density at radius 1 is 0.689 bits per heavy atom. The largest absolute Gasteiger partial charge is 0.481 e. The Balaban J connectivity index is 0.00000461. The minimum absolute atomic E-state index is 0. The summed E-state index contributed by atoms with van der Waals surface area (Å²) < 4.78 is 0. The van der Waals surface area contributed by atoms with Gasteiger partial charge in [0, 0.05) is 83.8 Å². The number of allylic oxidation sites excluding steroid dienone is 3. The van der Waals surface area contributed by atoms with Crippen LogP contribution in [0, 0.1) is 51.6 Å². The summed E-state index contributed by atoms with van der Waals surface area (Å²) in [5.74, 6) is -1.83. The SMILES string of the molecule is CC1=C(CCC(=O)O)c2cc3[nH]c(cc4nc(cc5[nH]c(cc1n2)c(C)c5C(C)O)C(C)=C4C(C)O)c(C)c3CCC(=O)O.[Ar]. The van der Waals surface area contributed by atoms with Gasteiger partial charge in [-0.05, 0) is 112 Å². The average molecular weight is 639 g/mol. The molecule has 10 nitrogen and oxygen atoms in total. The van der Waals surface area contributed by atoms with Crippen LogP contribution in [0.4, 0.5) is 0 Å². The third kappa shape index (κ3) is 6.80. The Hall–Kier alpha value is -3.28. The van der Waals surface area contributed by atoms with Gasteiger partial charge in [0.05, 0.1) is 35.0 Å². The van der Waals surface area contributed by atoms with Crippen molar-refractivity contribution in [1.29, 1.82) is 0 Å². The molecule has 0 aromatic carbocycles. The first-order valence-corrected chi connectivity index (χ1v) is 14.7. The molecule has 11 heteroatoms. The molecule has 2 aliphatic heterocycles. The number of fused-ring (bicyclic) bond motifs is 8. The van der Waals surface area contributed by atoms with Crippen LogP contribution in [0.5, 0.6) is 0 Å². The second kappa shape index (κ2) is 13.6. The quantitative estimate of drug-likeness (QED) is 0.172. The molecule has 2 atom stereocenters. The Kier molecular flexibility index (Phi) is 10.5. The van der Waals surface area contributed by atoms with Crippen LogP contribution >= 0.6 is 0 Å². The number of nitrogens with one attached hydrogen (secondary N) is 2. The van der Waals surface area contributed by atoms with Crippen LogP contribution < -0.4 is 0 Å². The first-order valence-electron chi connectivity index (χ1n) is 14.7. The fourth-order valence-corrected chi connectivity index (χ4v) is 6.31. The van der Waals surface area contributed by atoms with E-state index in [2.05, 4.69) is 9.97 Å². The van der Waals surface area contributed by atoms with E-state index in [9.17, 15) is 30.0 Å². The molecule has 2 unspecified atom stereocenters. The zero-order chi connectivity index (χ0) is 32.0. The number of hydrogen-bond acceptors (Lipinski definition) is 6. The Bertz CT molecular complexity index is 1930. The number of carbonyl (C=O) groups is 2. The van der Waals surface area contributed by atoms with Gasteiger partial charge < -0.3 is 30.4 Å². The zero-order valence-corrected chi connectivity index (χ0v) is 26.9. The molecule has 8 bridgehead atoms. The summed E-state index contributed by atoms with van der Waals surface area (Å²) in [5.41, 5.74) is 11.7. The molecule has 2 aliphatic rings. The van der Waals surface area contributed by atoms with Crippen LogP contribution in [0.1, 0.15) is 98.1 Å². The number of H-pyrrole nitrogens is 2. The van der Waals surface area contributed by atoms with E-state index in [-0.39, 0.29) is 63.4 Å². The predicted molar refractivity (Wildman–Crippen MR) is 171 cm³/mol. The first kappa shape index (κ1) is 34.6. The number of carboxylic acids is 2. The number of nitrogens with zero attached hydrogens (tertiary/aromatic N) is 2. The number of carboxylic acid groups (broad SMARTS) is 2. The molecule has 0 fully saturated rings. The van der Waals surface area contributed by atoms with E-state index in [1.165, 1.54) is 0 Å². The number of rotatable bonds is 8. The van der Waals surface area contributed by atoms with Gasteiger partial charge in [-0.3, -0.25) is 9.59 Å². The Morgan fingerprint density at radius 2 is 1.20 bits per heavy atom. The van der Waals surface area contributed by atoms with Crippen LogP contribution in [-0.2, 0) is 16.0 Å². The molecular weight excluding hydrogens is 600 g/mol. The standard InChI is InChI=1S/C34H38N4O6.Ar/c1-15-21(7-9-31(41)42)27-14-28-22(8-10-32(43)44)16(2)24(36-28)12-29-34(20(6)40)18(4)26(38-29)13-30-33(19(5)39)17(3)25(37-30)11-23(15)35-27;/h11-14,19-20,36-37,39-40H,7-10H2,1-6H3,(H,41,42)(H,43,44);. The van der Waals surface area contributed by atoms with Crippen LogP contribution in [0.25, 0.3) is 44.4 Å². The van der Waals surface area contributed by atoms with Gasteiger partial charge in [0.15, 0.2) is 0 Å². The van der Waals surface area contributed by atoms with E-state index < -0.39 is 24.1 Å². The summed E-state index contributed by atoms with van der Waals surface area (Å²) in [4.78, 5) is 39.8. The van der Waals surface area contributed by atoms with Gasteiger partial charge in [0.1, 0.15) is 0 Å². The number of aromatic nitrogens is 4. The molecule has 5 heterocycles. The summed E-state index contributed by atoms with van der Waals surface area (Å²) in [5, 5.41) is 40.5. The summed E-state index contributed by atoms with van der Waals surface area (Å²) >= 11 is 0. The molecule has 3 aromatic heterocycles. The predicted octanol–water partition coefficient (Wildman–Crippen LogP) is 6.11. The van der Waals surface area contributed by atoms with Gasteiger partial charge in [0.2, 0.25) is 0 Å². The molecular formula is C34H38ArN4O6. The number of aliphatic carboxylic acids is 2. The summed E-state index contributed by atoms with van der Waals surface area (Å²) in [7, 11) is 0. The maximum absolute atomic E-state index is 11.6. The monoisotopic (exact) mass is 638 g/mol. The second-order valence-electron chi connectivity index (χ2n) is 11.7. The minimum Gasteiger partial charge on any atom is -0.481 e. The van der Waals surface area contributed by atoms with Gasteiger partial charge in [-0.1, -0.05) is 0 Å². The summed E-state index contributed by atoms with van der Waals surface area (Å²) in [6.07, 6.45) is -1.16. The van der Waals surface area contributed by atoms with E-state index in [4.69, 9.17) is 9.97 Å². The molecule has 0 saturated heterocycles. The molecule has 45 heavy (non-hydrogen) atoms.